The molecule has 0 saturated carbocycles. The van der Waals surface area contributed by atoms with Crippen molar-refractivity contribution in [3.05, 3.63) is 47.9 Å². The summed E-state index contributed by atoms with van der Waals surface area (Å²) in [6, 6.07) is 7.12. The fourth-order valence-electron chi connectivity index (χ4n) is 1.54. The van der Waals surface area contributed by atoms with E-state index in [0.29, 0.717) is 0 Å². The zero-order valence-electron chi connectivity index (χ0n) is 10.1. The van der Waals surface area contributed by atoms with Crippen LogP contribution in [0.1, 0.15) is 5.56 Å². The summed E-state index contributed by atoms with van der Waals surface area (Å²) < 4.78 is 39.8. The smallest absolute Gasteiger partial charge is 0.263 e. The Morgan fingerprint density at radius 3 is 2.63 bits per heavy atom. The second-order valence-electron chi connectivity index (χ2n) is 3.96. The highest BCUT2D eigenvalue weighted by Gasteiger charge is 2.17. The molecule has 0 amide bonds. The van der Waals surface area contributed by atoms with Gasteiger partial charge in [-0.15, -0.1) is 0 Å². The lowest BCUT2D eigenvalue weighted by molar-refractivity contribution is 0.599. The number of nitrogens with one attached hydrogen (secondary N) is 1. The van der Waals surface area contributed by atoms with Crippen LogP contribution in [0.3, 0.4) is 0 Å². The van der Waals surface area contributed by atoms with E-state index in [2.05, 4.69) is 9.71 Å². The number of nitrogen functional groups attached to an aromatic ring is 1. The van der Waals surface area contributed by atoms with E-state index < -0.39 is 15.8 Å². The molecule has 0 aliphatic carbocycles. The van der Waals surface area contributed by atoms with Gasteiger partial charge in [-0.3, -0.25) is 4.72 Å². The molecule has 3 N–H and O–H groups in total. The molecule has 1 heterocycles. The molecule has 0 aliphatic heterocycles. The minimum atomic E-state index is -3.83. The molecule has 5 nitrogen and oxygen atoms in total. The number of nitrogens with zero attached hydrogens (tertiary/aromatic N) is 1. The Morgan fingerprint density at radius 2 is 2.05 bits per heavy atom. The quantitative estimate of drug-likeness (QED) is 0.842. The van der Waals surface area contributed by atoms with Crippen LogP contribution in [0.15, 0.2) is 41.4 Å². The number of hydrogen-bond acceptors (Lipinski definition) is 4. The van der Waals surface area contributed by atoms with Crippen LogP contribution in [-0.4, -0.2) is 13.4 Å². The number of pyridine rings is 1. The van der Waals surface area contributed by atoms with Crippen LogP contribution in [0.4, 0.5) is 15.9 Å². The number of hydrogen-bond donors (Lipinski definition) is 2. The van der Waals surface area contributed by atoms with Gasteiger partial charge in [0.25, 0.3) is 10.0 Å². The van der Waals surface area contributed by atoms with Crippen molar-refractivity contribution in [3.63, 3.8) is 0 Å². The average Bonchev–Trinajstić information content (AvgIpc) is 2.36. The van der Waals surface area contributed by atoms with Crippen molar-refractivity contribution in [3.8, 4) is 0 Å². The maximum absolute atomic E-state index is 13.4. The van der Waals surface area contributed by atoms with E-state index in [9.17, 15) is 12.8 Å². The van der Waals surface area contributed by atoms with Crippen LogP contribution in [0.5, 0.6) is 0 Å². The van der Waals surface area contributed by atoms with Crippen molar-refractivity contribution in [1.82, 2.24) is 4.98 Å². The predicted octanol–water partition coefficient (Wildman–Crippen LogP) is 1.91. The van der Waals surface area contributed by atoms with Crippen LogP contribution in [0.25, 0.3) is 0 Å². The van der Waals surface area contributed by atoms with E-state index >= 15 is 0 Å². The summed E-state index contributed by atoms with van der Waals surface area (Å²) in [7, 11) is -3.83. The Morgan fingerprint density at radius 1 is 1.32 bits per heavy atom. The third-order valence-electron chi connectivity index (χ3n) is 2.47. The molecule has 0 bridgehead atoms. The molecule has 0 radical (unpaired) electrons. The van der Waals surface area contributed by atoms with Gasteiger partial charge in [0, 0.05) is 6.20 Å². The molecule has 19 heavy (non-hydrogen) atoms. The standard InChI is InChI=1S/C12H12FN3O2S/c1-8-6-9(7-10(14)12(8)13)19(17,18)16-11-4-2-3-5-15-11/h2-7H,14H2,1H3,(H,15,16). The van der Waals surface area contributed by atoms with Gasteiger partial charge in [-0.1, -0.05) is 6.07 Å². The Bertz CT molecular complexity index is 679. The largest absolute Gasteiger partial charge is 0.396 e. The lowest BCUT2D eigenvalue weighted by Crippen LogP contribution is -2.14. The molecule has 2 rings (SSSR count). The van der Waals surface area contributed by atoms with Gasteiger partial charge >= 0.3 is 0 Å². The van der Waals surface area contributed by atoms with Gasteiger partial charge in [-0.25, -0.2) is 17.8 Å². The van der Waals surface area contributed by atoms with Crippen molar-refractivity contribution >= 4 is 21.5 Å². The Kier molecular flexibility index (Phi) is 3.39. The Labute approximate surface area is 110 Å². The van der Waals surface area contributed by atoms with Crippen molar-refractivity contribution in [2.75, 3.05) is 10.5 Å². The number of aryl methyl sites for hydroxylation is 1. The van der Waals surface area contributed by atoms with Crippen molar-refractivity contribution in [2.45, 2.75) is 11.8 Å². The first kappa shape index (κ1) is 13.3. The van der Waals surface area contributed by atoms with E-state index in [1.807, 2.05) is 0 Å². The van der Waals surface area contributed by atoms with Gasteiger partial charge in [0.05, 0.1) is 10.6 Å². The molecule has 0 spiro atoms. The normalized spacial score (nSPS) is 11.3. The van der Waals surface area contributed by atoms with Crippen LogP contribution in [0, 0.1) is 12.7 Å². The molecule has 2 aromatic rings. The number of sulfonamides is 1. The first-order valence-electron chi connectivity index (χ1n) is 5.39. The molecule has 0 unspecified atom stereocenters. The molecule has 7 heteroatoms. The maximum Gasteiger partial charge on any atom is 0.263 e. The van der Waals surface area contributed by atoms with E-state index in [0.717, 1.165) is 6.07 Å². The molecule has 1 aromatic heterocycles. The second-order valence-corrected chi connectivity index (χ2v) is 5.65. The number of nitrogens with two attached hydrogens (primary N) is 1. The molecule has 0 fully saturated rings. The van der Waals surface area contributed by atoms with Gasteiger partial charge < -0.3 is 5.73 Å². The minimum absolute atomic E-state index is 0.102. The summed E-state index contributed by atoms with van der Waals surface area (Å²) in [5, 5.41) is 0. The van der Waals surface area contributed by atoms with Crippen LogP contribution >= 0.6 is 0 Å². The zero-order valence-corrected chi connectivity index (χ0v) is 10.9. The monoisotopic (exact) mass is 281 g/mol. The van der Waals surface area contributed by atoms with Crippen LogP contribution < -0.4 is 10.5 Å². The molecule has 100 valence electrons. The molecule has 0 saturated heterocycles. The molecule has 0 aliphatic rings. The third kappa shape index (κ3) is 2.82. The second kappa shape index (κ2) is 4.85. The molecular formula is C12H12FN3O2S. The van der Waals surface area contributed by atoms with E-state index in [1.54, 1.807) is 12.1 Å². The number of rotatable bonds is 3. The van der Waals surface area contributed by atoms with Crippen molar-refractivity contribution in [1.29, 1.82) is 0 Å². The van der Waals surface area contributed by atoms with Gasteiger partial charge in [0.1, 0.15) is 11.6 Å². The molecule has 0 atom stereocenters. The van der Waals surface area contributed by atoms with Crippen LogP contribution in [0.2, 0.25) is 0 Å². The van der Waals surface area contributed by atoms with Crippen molar-refractivity contribution in [2.24, 2.45) is 0 Å². The fourth-order valence-corrected chi connectivity index (χ4v) is 2.67. The summed E-state index contributed by atoms with van der Waals surface area (Å²) in [4.78, 5) is 3.75. The average molecular weight is 281 g/mol. The summed E-state index contributed by atoms with van der Waals surface area (Å²) in [5.41, 5.74) is 5.39. The number of halogens is 1. The highest BCUT2D eigenvalue weighted by molar-refractivity contribution is 7.92. The first-order chi connectivity index (χ1) is 8.90. The van der Waals surface area contributed by atoms with E-state index in [1.165, 1.54) is 25.3 Å². The Balaban J connectivity index is 2.40. The summed E-state index contributed by atoms with van der Waals surface area (Å²) >= 11 is 0. The van der Waals surface area contributed by atoms with Gasteiger partial charge in [0.15, 0.2) is 0 Å². The number of aromatic nitrogens is 1. The fraction of sp³-hybridized carbons (Fsp3) is 0.0833. The number of benzene rings is 1. The lowest BCUT2D eigenvalue weighted by Gasteiger charge is -2.09. The zero-order chi connectivity index (χ0) is 14.0. The van der Waals surface area contributed by atoms with E-state index in [4.69, 9.17) is 5.73 Å². The maximum atomic E-state index is 13.4. The highest BCUT2D eigenvalue weighted by Crippen LogP contribution is 2.22. The Hall–Kier alpha value is -2.15. The number of anilines is 2. The topological polar surface area (TPSA) is 85.1 Å². The predicted molar refractivity (Wildman–Crippen MR) is 70.6 cm³/mol. The third-order valence-corrected chi connectivity index (χ3v) is 3.80. The van der Waals surface area contributed by atoms with Crippen LogP contribution in [-0.2, 0) is 10.0 Å². The summed E-state index contributed by atoms with van der Waals surface area (Å²) in [5.74, 6) is -0.431. The van der Waals surface area contributed by atoms with Gasteiger partial charge in [0.2, 0.25) is 0 Å². The minimum Gasteiger partial charge on any atom is -0.396 e. The summed E-state index contributed by atoms with van der Waals surface area (Å²) in [6.45, 7) is 1.45. The van der Waals surface area contributed by atoms with Gasteiger partial charge in [-0.05, 0) is 36.8 Å². The lowest BCUT2D eigenvalue weighted by atomic mass is 10.2. The molecule has 1 aromatic carbocycles. The van der Waals surface area contributed by atoms with E-state index in [-0.39, 0.29) is 22.0 Å². The van der Waals surface area contributed by atoms with Crippen molar-refractivity contribution < 1.29 is 12.8 Å². The first-order valence-corrected chi connectivity index (χ1v) is 6.88. The van der Waals surface area contributed by atoms with Gasteiger partial charge in [-0.2, -0.15) is 0 Å². The summed E-state index contributed by atoms with van der Waals surface area (Å²) in [6.07, 6.45) is 1.46. The SMILES string of the molecule is Cc1cc(S(=O)(=O)Nc2ccccn2)cc(N)c1F. The highest BCUT2D eigenvalue weighted by atomic mass is 32.2. The molecular weight excluding hydrogens is 269 g/mol.